The SMILES string of the molecule is C=C1C(=CC=C2CCC[C@]3(C)C([C@H](C)SC[C@@H](O)C(CC)CC)=CC[C@@H]23)C[C@@H](O)C[C@@H]1O. The zero-order valence-electron chi connectivity index (χ0n) is 20.5. The van der Waals surface area contributed by atoms with Gasteiger partial charge in [0.15, 0.2) is 0 Å². The summed E-state index contributed by atoms with van der Waals surface area (Å²) in [7, 11) is 0. The number of hydrogen-bond donors (Lipinski definition) is 3. The molecule has 2 saturated carbocycles. The van der Waals surface area contributed by atoms with Crippen LogP contribution in [0.3, 0.4) is 0 Å². The highest BCUT2D eigenvalue weighted by Crippen LogP contribution is 2.56. The van der Waals surface area contributed by atoms with Crippen LogP contribution in [0.25, 0.3) is 0 Å². The number of aliphatic hydroxyl groups excluding tert-OH is 3. The average molecular weight is 461 g/mol. The lowest BCUT2D eigenvalue weighted by molar-refractivity contribution is 0.0862. The van der Waals surface area contributed by atoms with Crippen LogP contribution < -0.4 is 0 Å². The Kier molecular flexibility index (Phi) is 8.93. The quantitative estimate of drug-likeness (QED) is 0.391. The Balaban J connectivity index is 1.69. The first-order valence-electron chi connectivity index (χ1n) is 12.7. The summed E-state index contributed by atoms with van der Waals surface area (Å²) in [5.74, 6) is 1.74. The summed E-state index contributed by atoms with van der Waals surface area (Å²) in [6.45, 7) is 13.2. The fraction of sp³-hybridized carbons (Fsp3) is 0.714. The van der Waals surface area contributed by atoms with E-state index < -0.39 is 12.2 Å². The molecule has 32 heavy (non-hydrogen) atoms. The van der Waals surface area contributed by atoms with Gasteiger partial charge in [0.2, 0.25) is 0 Å². The molecule has 0 unspecified atom stereocenters. The number of fused-ring (bicyclic) bond motifs is 1. The summed E-state index contributed by atoms with van der Waals surface area (Å²) in [6.07, 6.45) is 13.2. The van der Waals surface area contributed by atoms with Gasteiger partial charge in [0, 0.05) is 17.4 Å². The minimum atomic E-state index is -0.631. The second-order valence-electron chi connectivity index (χ2n) is 10.4. The molecule has 3 nitrogen and oxygen atoms in total. The summed E-state index contributed by atoms with van der Waals surface area (Å²) < 4.78 is 0. The maximum atomic E-state index is 10.6. The highest BCUT2D eigenvalue weighted by molar-refractivity contribution is 8.00. The van der Waals surface area contributed by atoms with Crippen LogP contribution in [0.1, 0.15) is 79.1 Å². The van der Waals surface area contributed by atoms with E-state index in [1.54, 1.807) is 5.57 Å². The predicted octanol–water partition coefficient (Wildman–Crippen LogP) is 5.97. The molecular formula is C28H44O3S. The minimum absolute atomic E-state index is 0.192. The third-order valence-electron chi connectivity index (χ3n) is 8.42. The Morgan fingerprint density at radius 3 is 2.66 bits per heavy atom. The Morgan fingerprint density at radius 1 is 1.25 bits per heavy atom. The van der Waals surface area contributed by atoms with Crippen molar-refractivity contribution >= 4 is 11.8 Å². The topological polar surface area (TPSA) is 60.7 Å². The molecule has 0 aromatic rings. The van der Waals surface area contributed by atoms with Crippen LogP contribution in [0.2, 0.25) is 0 Å². The van der Waals surface area contributed by atoms with Gasteiger partial charge in [-0.15, -0.1) is 0 Å². The van der Waals surface area contributed by atoms with Crippen molar-refractivity contribution in [3.63, 3.8) is 0 Å². The maximum Gasteiger partial charge on any atom is 0.0811 e. The number of aliphatic hydroxyl groups is 3. The van der Waals surface area contributed by atoms with Gasteiger partial charge in [-0.05, 0) is 67.4 Å². The third kappa shape index (κ3) is 5.46. The molecule has 2 fully saturated rings. The second kappa shape index (κ2) is 11.1. The fourth-order valence-electron chi connectivity index (χ4n) is 6.25. The first-order chi connectivity index (χ1) is 15.2. The summed E-state index contributed by atoms with van der Waals surface area (Å²) in [5, 5.41) is 31.2. The van der Waals surface area contributed by atoms with Gasteiger partial charge < -0.3 is 15.3 Å². The van der Waals surface area contributed by atoms with Crippen LogP contribution in [-0.4, -0.2) is 44.6 Å². The first kappa shape index (κ1) is 25.8. The monoisotopic (exact) mass is 460 g/mol. The van der Waals surface area contributed by atoms with E-state index in [9.17, 15) is 15.3 Å². The van der Waals surface area contributed by atoms with E-state index in [0.29, 0.717) is 29.9 Å². The number of allylic oxidation sites excluding steroid dienone is 4. The molecule has 4 heteroatoms. The zero-order chi connectivity index (χ0) is 23.5. The lowest BCUT2D eigenvalue weighted by Gasteiger charge is -2.42. The van der Waals surface area contributed by atoms with Gasteiger partial charge in [-0.25, -0.2) is 0 Å². The Hall–Kier alpha value is -0.810. The smallest absolute Gasteiger partial charge is 0.0811 e. The molecule has 3 aliphatic rings. The molecule has 0 bridgehead atoms. The maximum absolute atomic E-state index is 10.6. The van der Waals surface area contributed by atoms with Crippen molar-refractivity contribution in [2.75, 3.05) is 5.75 Å². The molecule has 180 valence electrons. The summed E-state index contributed by atoms with van der Waals surface area (Å²) in [5.41, 5.74) is 5.00. The van der Waals surface area contributed by atoms with E-state index >= 15 is 0 Å². The Morgan fingerprint density at radius 2 is 1.97 bits per heavy atom. The van der Waals surface area contributed by atoms with Crippen LogP contribution in [0.4, 0.5) is 0 Å². The van der Waals surface area contributed by atoms with E-state index in [4.69, 9.17) is 0 Å². The molecule has 3 rings (SSSR count). The lowest BCUT2D eigenvalue weighted by atomic mass is 9.64. The third-order valence-corrected chi connectivity index (χ3v) is 9.71. The van der Waals surface area contributed by atoms with Crippen molar-refractivity contribution in [3.05, 3.63) is 47.1 Å². The van der Waals surface area contributed by atoms with Gasteiger partial charge in [0.25, 0.3) is 0 Å². The van der Waals surface area contributed by atoms with E-state index in [1.807, 2.05) is 11.8 Å². The van der Waals surface area contributed by atoms with Gasteiger partial charge >= 0.3 is 0 Å². The van der Waals surface area contributed by atoms with Crippen LogP contribution in [0.5, 0.6) is 0 Å². The largest absolute Gasteiger partial charge is 0.393 e. The van der Waals surface area contributed by atoms with Crippen LogP contribution in [0.15, 0.2) is 47.1 Å². The van der Waals surface area contributed by atoms with Gasteiger partial charge in [-0.1, -0.05) is 69.6 Å². The summed E-state index contributed by atoms with van der Waals surface area (Å²) >= 11 is 1.92. The van der Waals surface area contributed by atoms with E-state index in [2.05, 4.69) is 52.5 Å². The van der Waals surface area contributed by atoms with Crippen molar-refractivity contribution in [1.82, 2.24) is 0 Å². The van der Waals surface area contributed by atoms with Crippen molar-refractivity contribution in [1.29, 1.82) is 0 Å². The normalized spacial score (nSPS) is 35.3. The van der Waals surface area contributed by atoms with Crippen molar-refractivity contribution in [2.24, 2.45) is 17.3 Å². The first-order valence-corrected chi connectivity index (χ1v) is 13.7. The predicted molar refractivity (Wildman–Crippen MR) is 137 cm³/mol. The second-order valence-corrected chi connectivity index (χ2v) is 11.8. The van der Waals surface area contributed by atoms with Crippen molar-refractivity contribution in [3.8, 4) is 0 Å². The molecule has 0 aromatic carbocycles. The van der Waals surface area contributed by atoms with E-state index in [-0.39, 0.29) is 11.5 Å². The number of hydrogen-bond acceptors (Lipinski definition) is 4. The van der Waals surface area contributed by atoms with Gasteiger partial charge in [0.05, 0.1) is 18.3 Å². The molecule has 0 heterocycles. The van der Waals surface area contributed by atoms with Crippen molar-refractivity contribution in [2.45, 2.75) is 103 Å². The lowest BCUT2D eigenvalue weighted by Crippen LogP contribution is -2.33. The molecule has 0 spiro atoms. The molecule has 0 aromatic heterocycles. The number of thioether (sulfide) groups is 1. The standard InChI is InChI=1S/C28H44O3S/c1-6-20(7-2)27(31)17-32-19(4)24-12-13-25-21(9-8-14-28(24,25)5)10-11-22-15-23(29)16-26(30)18(22)3/h10-12,19-20,23,25-27,29-31H,3,6-9,13-17H2,1-2,4-5H3/t19-,23+,25-,26-,27+,28+/m0/s1. The fourth-order valence-corrected chi connectivity index (χ4v) is 7.55. The zero-order valence-corrected chi connectivity index (χ0v) is 21.3. The van der Waals surface area contributed by atoms with E-state index in [1.165, 1.54) is 18.4 Å². The number of rotatable bonds is 8. The van der Waals surface area contributed by atoms with Crippen LogP contribution in [0, 0.1) is 17.3 Å². The molecule has 6 atom stereocenters. The van der Waals surface area contributed by atoms with Crippen LogP contribution in [-0.2, 0) is 0 Å². The van der Waals surface area contributed by atoms with Gasteiger partial charge in [0.1, 0.15) is 0 Å². The van der Waals surface area contributed by atoms with Crippen molar-refractivity contribution < 1.29 is 15.3 Å². The Labute approximate surface area is 199 Å². The summed E-state index contributed by atoms with van der Waals surface area (Å²) in [4.78, 5) is 0. The molecule has 0 aliphatic heterocycles. The molecule has 3 N–H and O–H groups in total. The molecular weight excluding hydrogens is 416 g/mol. The Bertz CT molecular complexity index is 763. The molecule has 0 saturated heterocycles. The highest BCUT2D eigenvalue weighted by atomic mass is 32.2. The highest BCUT2D eigenvalue weighted by Gasteiger charge is 2.46. The van der Waals surface area contributed by atoms with Gasteiger partial charge in [-0.2, -0.15) is 11.8 Å². The summed E-state index contributed by atoms with van der Waals surface area (Å²) in [6, 6.07) is 0. The molecule has 3 aliphatic carbocycles. The van der Waals surface area contributed by atoms with E-state index in [0.717, 1.165) is 42.6 Å². The van der Waals surface area contributed by atoms with Crippen LogP contribution >= 0.6 is 11.8 Å². The minimum Gasteiger partial charge on any atom is -0.393 e. The molecule has 0 radical (unpaired) electrons. The molecule has 0 amide bonds. The van der Waals surface area contributed by atoms with Gasteiger partial charge in [-0.3, -0.25) is 0 Å². The average Bonchev–Trinajstić information content (AvgIpc) is 3.12.